The summed E-state index contributed by atoms with van der Waals surface area (Å²) in [6.45, 7) is 5.31. The third kappa shape index (κ3) is 3.21. The zero-order chi connectivity index (χ0) is 8.69. The third-order valence-corrected chi connectivity index (χ3v) is 0.900. The molecule has 0 amide bonds. The van der Waals surface area contributed by atoms with E-state index in [0.29, 0.717) is 0 Å². The van der Waals surface area contributed by atoms with Crippen LogP contribution in [-0.2, 0) is 9.53 Å². The van der Waals surface area contributed by atoms with Gasteiger partial charge in [-0.05, 0) is 13.0 Å². The van der Waals surface area contributed by atoms with Gasteiger partial charge in [-0.15, -0.1) is 0 Å². The van der Waals surface area contributed by atoms with Gasteiger partial charge >= 0.3 is 5.97 Å². The smallest absolute Gasteiger partial charge is 0.348 e. The Morgan fingerprint density at radius 1 is 1.82 bits per heavy atom. The number of hydrogen-bond donors (Lipinski definition) is 0. The highest BCUT2D eigenvalue weighted by Crippen LogP contribution is 1.95. The molecule has 0 unspecified atom stereocenters. The van der Waals surface area contributed by atoms with E-state index in [1.54, 1.807) is 13.0 Å². The summed E-state index contributed by atoms with van der Waals surface area (Å²) < 4.78 is 4.57. The molecule has 0 saturated carbocycles. The zero-order valence-corrected chi connectivity index (χ0v) is 6.33. The van der Waals surface area contributed by atoms with Gasteiger partial charge in [-0.1, -0.05) is 12.7 Å². The van der Waals surface area contributed by atoms with Crippen LogP contribution in [0.4, 0.5) is 0 Å². The molecule has 0 N–H and O–H groups in total. The second kappa shape index (κ2) is 5.24. The molecule has 0 spiro atoms. The Morgan fingerprint density at radius 3 is 2.82 bits per heavy atom. The molecule has 0 fully saturated rings. The monoisotopic (exact) mass is 151 g/mol. The Hall–Kier alpha value is -1.56. The first-order valence-corrected chi connectivity index (χ1v) is 3.16. The van der Waals surface area contributed by atoms with Crippen LogP contribution in [0.5, 0.6) is 0 Å². The topological polar surface area (TPSA) is 50.1 Å². The van der Waals surface area contributed by atoms with Gasteiger partial charge in [0.2, 0.25) is 0 Å². The molecule has 0 heterocycles. The molecule has 0 aromatic rings. The second-order valence-electron chi connectivity index (χ2n) is 1.65. The molecule has 0 aromatic carbocycles. The van der Waals surface area contributed by atoms with Gasteiger partial charge in [-0.25, -0.2) is 4.79 Å². The lowest BCUT2D eigenvalue weighted by atomic mass is 10.3. The summed E-state index contributed by atoms with van der Waals surface area (Å²) in [6.07, 6.45) is 2.69. The summed E-state index contributed by atoms with van der Waals surface area (Å²) in [7, 11) is 0. The highest BCUT2D eigenvalue weighted by Gasteiger charge is 2.06. The number of allylic oxidation sites excluding steroid dienone is 2. The van der Waals surface area contributed by atoms with Crippen LogP contribution in [0.2, 0.25) is 0 Å². The van der Waals surface area contributed by atoms with Crippen LogP contribution in [0.15, 0.2) is 24.3 Å². The second-order valence-corrected chi connectivity index (χ2v) is 1.65. The van der Waals surface area contributed by atoms with Crippen molar-refractivity contribution in [2.75, 3.05) is 6.61 Å². The summed E-state index contributed by atoms with van der Waals surface area (Å²) in [6, 6.07) is 1.70. The average molecular weight is 151 g/mol. The molecule has 0 aliphatic carbocycles. The first-order chi connectivity index (χ1) is 5.26. The molecule has 0 radical (unpaired) electrons. The summed E-state index contributed by atoms with van der Waals surface area (Å²) in [4.78, 5) is 10.8. The van der Waals surface area contributed by atoms with Crippen LogP contribution in [0, 0.1) is 11.3 Å². The maximum atomic E-state index is 10.8. The molecule has 0 aromatic heterocycles. The van der Waals surface area contributed by atoms with Crippen LogP contribution >= 0.6 is 0 Å². The van der Waals surface area contributed by atoms with Gasteiger partial charge in [0.1, 0.15) is 11.6 Å². The highest BCUT2D eigenvalue weighted by atomic mass is 16.5. The fourth-order valence-electron chi connectivity index (χ4n) is 0.478. The summed E-state index contributed by atoms with van der Waals surface area (Å²) in [5.74, 6) is -0.602. The van der Waals surface area contributed by atoms with E-state index in [2.05, 4.69) is 11.3 Å². The SMILES string of the molecule is C=C/C=C(\C#N)C(=O)OCC. The van der Waals surface area contributed by atoms with Gasteiger partial charge in [0.05, 0.1) is 6.61 Å². The Kier molecular flexibility index (Phi) is 4.50. The van der Waals surface area contributed by atoms with Crippen LogP contribution < -0.4 is 0 Å². The van der Waals surface area contributed by atoms with Gasteiger partial charge in [-0.3, -0.25) is 0 Å². The van der Waals surface area contributed by atoms with Crippen molar-refractivity contribution in [3.05, 3.63) is 24.3 Å². The Balaban J connectivity index is 4.29. The van der Waals surface area contributed by atoms with Crippen molar-refractivity contribution >= 4 is 5.97 Å². The standard InChI is InChI=1S/C8H9NO2/c1-3-5-7(6-9)8(10)11-4-2/h3,5H,1,4H2,2H3/b7-5+. The number of carbonyl (C=O) groups excluding carboxylic acids is 1. The fourth-order valence-corrected chi connectivity index (χ4v) is 0.478. The minimum absolute atomic E-state index is 0.0261. The van der Waals surface area contributed by atoms with E-state index in [9.17, 15) is 4.79 Å². The zero-order valence-electron chi connectivity index (χ0n) is 6.33. The molecule has 0 aliphatic heterocycles. The van der Waals surface area contributed by atoms with E-state index in [0.717, 1.165) is 0 Å². The lowest BCUT2D eigenvalue weighted by Gasteiger charge is -1.96. The number of hydrogen-bond acceptors (Lipinski definition) is 3. The largest absolute Gasteiger partial charge is 0.462 e. The molecule has 3 nitrogen and oxygen atoms in total. The molecule has 0 aliphatic rings. The molecule has 11 heavy (non-hydrogen) atoms. The predicted molar refractivity (Wildman–Crippen MR) is 40.5 cm³/mol. The number of esters is 1. The van der Waals surface area contributed by atoms with Gasteiger partial charge in [0, 0.05) is 0 Å². The molecular weight excluding hydrogens is 142 g/mol. The van der Waals surface area contributed by atoms with Crippen LogP contribution in [0.1, 0.15) is 6.92 Å². The van der Waals surface area contributed by atoms with E-state index in [1.807, 2.05) is 0 Å². The van der Waals surface area contributed by atoms with Crippen molar-refractivity contribution in [2.45, 2.75) is 6.92 Å². The fraction of sp³-hybridized carbons (Fsp3) is 0.250. The number of rotatable bonds is 3. The Bertz CT molecular complexity index is 223. The minimum atomic E-state index is -0.602. The van der Waals surface area contributed by atoms with Crippen molar-refractivity contribution in [3.8, 4) is 6.07 Å². The lowest BCUT2D eigenvalue weighted by molar-refractivity contribution is -0.138. The van der Waals surface area contributed by atoms with Gasteiger partial charge in [0.15, 0.2) is 0 Å². The normalized spacial score (nSPS) is 10.0. The van der Waals surface area contributed by atoms with Crippen molar-refractivity contribution in [1.29, 1.82) is 5.26 Å². The molecule has 0 saturated heterocycles. The van der Waals surface area contributed by atoms with E-state index in [-0.39, 0.29) is 12.2 Å². The van der Waals surface area contributed by atoms with Crippen molar-refractivity contribution in [1.82, 2.24) is 0 Å². The maximum absolute atomic E-state index is 10.8. The third-order valence-electron chi connectivity index (χ3n) is 0.900. The maximum Gasteiger partial charge on any atom is 0.348 e. The van der Waals surface area contributed by atoms with E-state index >= 15 is 0 Å². The minimum Gasteiger partial charge on any atom is -0.462 e. The van der Waals surface area contributed by atoms with Crippen molar-refractivity contribution in [3.63, 3.8) is 0 Å². The van der Waals surface area contributed by atoms with Crippen molar-refractivity contribution in [2.24, 2.45) is 0 Å². The Morgan fingerprint density at radius 2 is 2.45 bits per heavy atom. The van der Waals surface area contributed by atoms with Crippen molar-refractivity contribution < 1.29 is 9.53 Å². The number of nitriles is 1. The number of nitrogens with zero attached hydrogens (tertiary/aromatic N) is 1. The van der Waals surface area contributed by atoms with E-state index < -0.39 is 5.97 Å². The average Bonchev–Trinajstić information content (AvgIpc) is 2.00. The Labute approximate surface area is 65.6 Å². The summed E-state index contributed by atoms with van der Waals surface area (Å²) in [5, 5.41) is 8.39. The number of ether oxygens (including phenoxy) is 1. The molecule has 0 rings (SSSR count). The quantitative estimate of drug-likeness (QED) is 0.263. The molecule has 0 bridgehead atoms. The predicted octanol–water partition coefficient (Wildman–Crippen LogP) is 1.19. The first-order valence-electron chi connectivity index (χ1n) is 3.16. The molecule has 58 valence electrons. The molecule has 3 heteroatoms. The lowest BCUT2D eigenvalue weighted by Crippen LogP contribution is -2.05. The summed E-state index contributed by atoms with van der Waals surface area (Å²) in [5.41, 5.74) is -0.0261. The van der Waals surface area contributed by atoms with Crippen LogP contribution in [0.3, 0.4) is 0 Å². The van der Waals surface area contributed by atoms with Crippen LogP contribution in [-0.4, -0.2) is 12.6 Å². The van der Waals surface area contributed by atoms with Crippen LogP contribution in [0.25, 0.3) is 0 Å². The van der Waals surface area contributed by atoms with Gasteiger partial charge in [0.25, 0.3) is 0 Å². The van der Waals surface area contributed by atoms with E-state index in [4.69, 9.17) is 5.26 Å². The molecular formula is C8H9NO2. The van der Waals surface area contributed by atoms with E-state index in [1.165, 1.54) is 12.2 Å². The summed E-state index contributed by atoms with van der Waals surface area (Å²) >= 11 is 0. The first kappa shape index (κ1) is 9.44. The molecule has 0 atom stereocenters. The number of carbonyl (C=O) groups is 1. The van der Waals surface area contributed by atoms with Gasteiger partial charge < -0.3 is 4.74 Å². The van der Waals surface area contributed by atoms with Gasteiger partial charge in [-0.2, -0.15) is 5.26 Å². The highest BCUT2D eigenvalue weighted by molar-refractivity contribution is 5.92.